The number of hydrogen-bond acceptors (Lipinski definition) is 8. The van der Waals surface area contributed by atoms with E-state index in [4.69, 9.17) is 18.5 Å². The van der Waals surface area contributed by atoms with Crippen molar-refractivity contribution < 1.29 is 28.2 Å². The third-order valence-corrected chi connectivity index (χ3v) is 8.67. The lowest BCUT2D eigenvalue weighted by Crippen LogP contribution is -2.33. The van der Waals surface area contributed by atoms with E-state index < -0.39 is 20.8 Å². The van der Waals surface area contributed by atoms with Gasteiger partial charge in [-0.3, -0.25) is 4.52 Å². The maximum atomic E-state index is 12.2. The van der Waals surface area contributed by atoms with E-state index in [1.165, 1.54) is 77.0 Å². The number of alkyl carbamates (subject to hydrolysis) is 1. The van der Waals surface area contributed by atoms with Gasteiger partial charge in [-0.15, -0.1) is 11.8 Å². The molecule has 8 nitrogen and oxygen atoms in total. The van der Waals surface area contributed by atoms with E-state index in [1.807, 2.05) is 38.1 Å². The highest BCUT2D eigenvalue weighted by atomic mass is 32.2. The lowest BCUT2D eigenvalue weighted by molar-refractivity contribution is -0.0488. The van der Waals surface area contributed by atoms with Crippen molar-refractivity contribution in [3.05, 3.63) is 41.4 Å². The number of nitrogens with one attached hydrogen (secondary N) is 1. The predicted octanol–water partition coefficient (Wildman–Crippen LogP) is 9.28. The Kier molecular flexibility index (Phi) is 21.7. The summed E-state index contributed by atoms with van der Waals surface area (Å²) in [6, 6.07) is 7.60. The average Bonchev–Trinajstić information content (AvgIpc) is 3.50. The fraction of sp³-hybridized carbons (Fsp3) is 0.727. The number of carbonyl (C=O) groups is 1. The van der Waals surface area contributed by atoms with Crippen LogP contribution in [0.25, 0.3) is 0 Å². The van der Waals surface area contributed by atoms with Gasteiger partial charge < -0.3 is 29.1 Å². The molecule has 1 amide bonds. The molecule has 0 spiro atoms. The lowest BCUT2D eigenvalue weighted by Gasteiger charge is -2.21. The van der Waals surface area contributed by atoms with Crippen LogP contribution in [0.2, 0.25) is 0 Å². The van der Waals surface area contributed by atoms with Crippen molar-refractivity contribution in [2.24, 2.45) is 0 Å². The molecule has 2 unspecified atom stereocenters. The number of rotatable bonds is 26. The highest BCUT2D eigenvalue weighted by molar-refractivity contribution is 8.02. The minimum absolute atomic E-state index is 0.0316. The summed E-state index contributed by atoms with van der Waals surface area (Å²) >= 11 is 1.77. The molecule has 10 heteroatoms. The lowest BCUT2D eigenvalue weighted by atomic mass is 10.0. The van der Waals surface area contributed by atoms with Crippen molar-refractivity contribution in [3.63, 3.8) is 0 Å². The molecule has 0 saturated heterocycles. The molecule has 0 aromatic heterocycles. The highest BCUT2D eigenvalue weighted by Crippen LogP contribution is 2.35. The van der Waals surface area contributed by atoms with E-state index in [-0.39, 0.29) is 19.3 Å². The summed E-state index contributed by atoms with van der Waals surface area (Å²) in [6.07, 6.45) is 19.3. The van der Waals surface area contributed by atoms with Crippen LogP contribution in [0.3, 0.4) is 0 Å². The van der Waals surface area contributed by atoms with Gasteiger partial charge >= 0.3 is 14.7 Å². The van der Waals surface area contributed by atoms with Crippen molar-refractivity contribution >= 4 is 26.5 Å². The third kappa shape index (κ3) is 20.2. The molecule has 2 N–H and O–H groups in total. The first-order valence-corrected chi connectivity index (χ1v) is 18.6. The maximum Gasteiger partial charge on any atom is 0.407 e. The van der Waals surface area contributed by atoms with Crippen molar-refractivity contribution in [2.45, 2.75) is 129 Å². The first kappa shape index (κ1) is 37.7. The summed E-state index contributed by atoms with van der Waals surface area (Å²) in [5, 5.41) is 4.91. The molecular weight excluding hydrogens is 583 g/mol. The Morgan fingerprint density at radius 3 is 2.09 bits per heavy atom. The summed E-state index contributed by atoms with van der Waals surface area (Å²) in [6.45, 7) is 7.58. The number of unbranched alkanes of at least 4 members (excludes halogenated alkanes) is 13. The Labute approximate surface area is 266 Å². The first-order chi connectivity index (χ1) is 21.0. The Morgan fingerprint density at radius 1 is 0.930 bits per heavy atom. The molecule has 2 atom stereocenters. The summed E-state index contributed by atoms with van der Waals surface area (Å²) in [4.78, 5) is 24.7. The van der Waals surface area contributed by atoms with Crippen LogP contribution in [0, 0.1) is 0 Å². The monoisotopic (exact) mass is 640 g/mol. The number of ether oxygens (including phenoxy) is 2. The molecule has 1 aliphatic heterocycles. The average molecular weight is 641 g/mol. The predicted molar refractivity (Wildman–Crippen MR) is 179 cm³/mol. The largest absolute Gasteiger partial charge is 0.447 e. The fourth-order valence-electron chi connectivity index (χ4n) is 4.80. The molecule has 1 aromatic carbocycles. The van der Waals surface area contributed by atoms with Gasteiger partial charge in [0.1, 0.15) is 18.5 Å². The Hall–Kier alpha value is -1.51. The molecule has 1 aromatic rings. The minimum atomic E-state index is -2.15. The van der Waals surface area contributed by atoms with Crippen LogP contribution in [0.1, 0.15) is 116 Å². The van der Waals surface area contributed by atoms with Gasteiger partial charge in [-0.1, -0.05) is 103 Å². The molecule has 0 fully saturated rings. The summed E-state index contributed by atoms with van der Waals surface area (Å²) in [7, 11) is -2.15. The van der Waals surface area contributed by atoms with Gasteiger partial charge in [0.25, 0.3) is 0 Å². The van der Waals surface area contributed by atoms with Gasteiger partial charge in [-0.05, 0) is 43.4 Å². The molecule has 246 valence electrons. The Morgan fingerprint density at radius 2 is 1.53 bits per heavy atom. The van der Waals surface area contributed by atoms with E-state index >= 15 is 0 Å². The van der Waals surface area contributed by atoms with Gasteiger partial charge in [0.15, 0.2) is 0 Å². The number of hydrogen-bond donors (Lipinski definition) is 2. The van der Waals surface area contributed by atoms with E-state index in [0.29, 0.717) is 12.3 Å². The van der Waals surface area contributed by atoms with Crippen molar-refractivity contribution in [1.29, 1.82) is 0 Å². The quantitative estimate of drug-likeness (QED) is 0.0765. The van der Waals surface area contributed by atoms with Crippen LogP contribution >= 0.6 is 20.4 Å². The number of amides is 1. The summed E-state index contributed by atoms with van der Waals surface area (Å²) in [5.74, 6) is 1.49. The standard InChI is InChI=1S/C33H57N2O6PS/c1-4-5-6-7-8-9-10-11-12-13-14-15-16-17-22-34-33(36)38-26-32(40-29(2)3)27-39-42(37)41-31-20-18-30(19-21-31)25-35-23-24-43-28-35/h18-21,23-24,29,32,37H,4-17,22,25-28H2,1-3H3,(H,34,36). The van der Waals surface area contributed by atoms with E-state index in [9.17, 15) is 9.69 Å². The van der Waals surface area contributed by atoms with Crippen LogP contribution in [0.15, 0.2) is 35.9 Å². The molecule has 1 aliphatic rings. The van der Waals surface area contributed by atoms with Gasteiger partial charge in [-0.25, -0.2) is 4.79 Å². The van der Waals surface area contributed by atoms with Crippen LogP contribution in [-0.2, 0) is 20.5 Å². The zero-order valence-corrected chi connectivity index (χ0v) is 28.6. The molecule has 0 aliphatic carbocycles. The maximum absolute atomic E-state index is 12.2. The SMILES string of the molecule is CCCCCCCCCCCCCCCCNC(=O)OCC(COP(O)Oc1ccc(CN2C=CSC2)cc1)OC(C)C. The van der Waals surface area contributed by atoms with Crippen LogP contribution < -0.4 is 9.84 Å². The molecule has 0 bridgehead atoms. The van der Waals surface area contributed by atoms with Crippen molar-refractivity contribution in [1.82, 2.24) is 10.2 Å². The number of carbonyl (C=O) groups excluding carboxylic acids is 1. The zero-order valence-electron chi connectivity index (χ0n) is 26.8. The van der Waals surface area contributed by atoms with E-state index in [2.05, 4.69) is 28.7 Å². The van der Waals surface area contributed by atoms with Crippen LogP contribution in [-0.4, -0.2) is 53.7 Å². The van der Waals surface area contributed by atoms with E-state index in [1.54, 1.807) is 11.8 Å². The Bertz CT molecular complexity index is 860. The zero-order chi connectivity index (χ0) is 31.0. The second kappa shape index (κ2) is 24.8. The molecule has 0 saturated carbocycles. The topological polar surface area (TPSA) is 89.5 Å². The number of nitrogens with zero attached hydrogens (tertiary/aromatic N) is 1. The van der Waals surface area contributed by atoms with Gasteiger partial charge in [0, 0.05) is 19.3 Å². The van der Waals surface area contributed by atoms with Gasteiger partial charge in [0.2, 0.25) is 0 Å². The van der Waals surface area contributed by atoms with E-state index in [0.717, 1.165) is 30.8 Å². The van der Waals surface area contributed by atoms with Crippen molar-refractivity contribution in [3.8, 4) is 5.75 Å². The third-order valence-electron chi connectivity index (χ3n) is 7.14. The molecule has 0 radical (unpaired) electrons. The minimum Gasteiger partial charge on any atom is -0.447 e. The Balaban J connectivity index is 1.49. The van der Waals surface area contributed by atoms with Crippen molar-refractivity contribution in [2.75, 3.05) is 25.6 Å². The highest BCUT2D eigenvalue weighted by Gasteiger charge is 2.19. The summed E-state index contributed by atoms with van der Waals surface area (Å²) in [5.41, 5.74) is 1.16. The molecular formula is C33H57N2O6PS. The smallest absolute Gasteiger partial charge is 0.407 e. The number of thioether (sulfide) groups is 1. The normalized spacial score (nSPS) is 14.3. The molecule has 2 rings (SSSR count). The van der Waals surface area contributed by atoms with Crippen LogP contribution in [0.5, 0.6) is 5.75 Å². The van der Waals surface area contributed by atoms with Gasteiger partial charge in [-0.2, -0.15) is 0 Å². The number of benzene rings is 1. The van der Waals surface area contributed by atoms with Crippen LogP contribution in [0.4, 0.5) is 4.79 Å². The summed E-state index contributed by atoms with van der Waals surface area (Å²) < 4.78 is 22.2. The second-order valence-electron chi connectivity index (χ2n) is 11.5. The fourth-order valence-corrected chi connectivity index (χ4v) is 6.17. The molecule has 1 heterocycles. The first-order valence-electron chi connectivity index (χ1n) is 16.4. The second-order valence-corrected chi connectivity index (χ2v) is 13.3. The molecule has 43 heavy (non-hydrogen) atoms. The van der Waals surface area contributed by atoms with Gasteiger partial charge in [0.05, 0.1) is 18.6 Å².